The van der Waals surface area contributed by atoms with Gasteiger partial charge in [0.15, 0.2) is 11.5 Å². The number of amides is 1. The number of piperidine rings is 1. The Bertz CT molecular complexity index is 2000. The lowest BCUT2D eigenvalue weighted by atomic mass is 9.59. The lowest BCUT2D eigenvalue weighted by molar-refractivity contribution is -0.148. The molecule has 8 rings (SSSR count). The number of rotatable bonds is 8. The molecule has 10 nitrogen and oxygen atoms in total. The highest BCUT2D eigenvalue weighted by Gasteiger charge is 2.55. The van der Waals surface area contributed by atoms with E-state index in [0.717, 1.165) is 74.3 Å². The molecule has 1 N–H and O–H groups in total. The van der Waals surface area contributed by atoms with E-state index in [1.54, 1.807) is 0 Å². The molecule has 3 heterocycles. The van der Waals surface area contributed by atoms with E-state index in [2.05, 4.69) is 29.4 Å². The lowest BCUT2D eigenvalue weighted by Gasteiger charge is -2.47. The fourth-order valence-electron chi connectivity index (χ4n) is 10.5. The van der Waals surface area contributed by atoms with Gasteiger partial charge in [0, 0.05) is 46.7 Å². The predicted molar refractivity (Wildman–Crippen MR) is 224 cm³/mol. The molecule has 1 unspecified atom stereocenters. The fourth-order valence-corrected chi connectivity index (χ4v) is 10.7. The minimum absolute atomic E-state index is 0.173. The number of esters is 1. The third-order valence-electron chi connectivity index (χ3n) is 13.7. The molecule has 2 fully saturated rings. The van der Waals surface area contributed by atoms with Crippen molar-refractivity contribution in [1.29, 1.82) is 0 Å². The van der Waals surface area contributed by atoms with Crippen molar-refractivity contribution in [3.63, 3.8) is 0 Å². The van der Waals surface area contributed by atoms with Crippen molar-refractivity contribution >= 4 is 29.4 Å². The van der Waals surface area contributed by atoms with Gasteiger partial charge in [0.25, 0.3) is 0 Å². The number of aryl methyl sites for hydroxylation is 1. The molecule has 58 heavy (non-hydrogen) atoms. The van der Waals surface area contributed by atoms with Crippen molar-refractivity contribution < 1.29 is 33.3 Å². The van der Waals surface area contributed by atoms with Gasteiger partial charge >= 0.3 is 12.1 Å². The molecule has 1 amide bonds. The average Bonchev–Trinajstić information content (AvgIpc) is 3.36. The summed E-state index contributed by atoms with van der Waals surface area (Å²) in [6.45, 7) is 10.9. The number of benzene rings is 2. The van der Waals surface area contributed by atoms with Gasteiger partial charge in [0.1, 0.15) is 16.9 Å². The topological polar surface area (TPSA) is 108 Å². The number of aromatic nitrogens is 1. The summed E-state index contributed by atoms with van der Waals surface area (Å²) in [5, 5.41) is 4.20. The number of nitrogens with zero attached hydrogens (tertiary/aromatic N) is 2. The van der Waals surface area contributed by atoms with Crippen molar-refractivity contribution in [3.05, 3.63) is 76.1 Å². The first kappa shape index (κ1) is 40.6. The maximum atomic E-state index is 13.7. The number of likely N-dealkylation sites (tertiary alicyclic amines) is 1. The van der Waals surface area contributed by atoms with Gasteiger partial charge < -0.3 is 33.9 Å². The molecule has 3 aliphatic carbocycles. The molecule has 3 aromatic rings. The zero-order valence-electron chi connectivity index (χ0n) is 34.9. The number of hydrogen-bond donors (Lipinski definition) is 1. The maximum absolute atomic E-state index is 13.7. The van der Waals surface area contributed by atoms with Crippen molar-refractivity contribution in [2.24, 2.45) is 17.3 Å². The first-order chi connectivity index (χ1) is 27.8. The smallest absolute Gasteiger partial charge is 0.410 e. The van der Waals surface area contributed by atoms with Crippen LogP contribution in [0.3, 0.4) is 0 Å². The standard InChI is InChI=1S/C47H60ClN3O7/c1-31(28-55-39-13-20-49-38-12-7-6-11-36(38)39)23-33-24-32-25-40-41(57-30-45(29-56-40)18-21-51(22-19-45)43(53)58-44(2,3)4)27-37(32)46(33)14-16-47(17-15-46,42(52)54-5)50-35-10-8-9-34(48)26-35/h8-10,13,20,25-27,31,33,50H,6-7,11-12,14-19,21-24,28-30H2,1-5H3/t31-,33?,46?,47?/m1/s1. The van der Waals surface area contributed by atoms with Crippen molar-refractivity contribution in [2.45, 2.75) is 121 Å². The quantitative estimate of drug-likeness (QED) is 0.223. The second-order valence-corrected chi connectivity index (χ2v) is 19.3. The number of carbonyl (C=O) groups excluding carboxylic acids is 2. The molecule has 2 aromatic carbocycles. The van der Waals surface area contributed by atoms with Crippen molar-refractivity contribution in [2.75, 3.05) is 45.3 Å². The molecule has 2 aliphatic heterocycles. The second-order valence-electron chi connectivity index (χ2n) is 18.9. The summed E-state index contributed by atoms with van der Waals surface area (Å²) < 4.78 is 31.1. The Labute approximate surface area is 348 Å². The van der Waals surface area contributed by atoms with Crippen LogP contribution in [0.5, 0.6) is 17.2 Å². The molecule has 1 saturated heterocycles. The highest BCUT2D eigenvalue weighted by Crippen LogP contribution is 2.58. The van der Waals surface area contributed by atoms with Crippen LogP contribution in [-0.2, 0) is 38.9 Å². The van der Waals surface area contributed by atoms with Gasteiger partial charge in [0.2, 0.25) is 0 Å². The number of hydrogen-bond acceptors (Lipinski definition) is 9. The largest absolute Gasteiger partial charge is 0.493 e. The summed E-state index contributed by atoms with van der Waals surface area (Å²) in [5.74, 6) is 2.95. The van der Waals surface area contributed by atoms with Gasteiger partial charge in [-0.1, -0.05) is 24.6 Å². The number of carbonyl (C=O) groups is 2. The second kappa shape index (κ2) is 16.1. The van der Waals surface area contributed by atoms with Crippen LogP contribution in [0, 0.1) is 17.3 Å². The molecular formula is C47H60ClN3O7. The Morgan fingerprint density at radius 1 is 0.983 bits per heavy atom. The first-order valence-corrected chi connectivity index (χ1v) is 21.8. The number of ether oxygens (including phenoxy) is 5. The van der Waals surface area contributed by atoms with Crippen LogP contribution in [0.1, 0.15) is 108 Å². The lowest BCUT2D eigenvalue weighted by Crippen LogP contribution is -2.53. The zero-order valence-corrected chi connectivity index (χ0v) is 35.7. The van der Waals surface area contributed by atoms with E-state index in [0.29, 0.717) is 62.6 Å². The van der Waals surface area contributed by atoms with Gasteiger partial charge in [-0.3, -0.25) is 4.98 Å². The minimum Gasteiger partial charge on any atom is -0.493 e. The highest BCUT2D eigenvalue weighted by molar-refractivity contribution is 6.30. The van der Waals surface area contributed by atoms with E-state index in [1.165, 1.54) is 42.3 Å². The highest BCUT2D eigenvalue weighted by atomic mass is 35.5. The van der Waals surface area contributed by atoms with E-state index < -0.39 is 11.1 Å². The minimum atomic E-state index is -0.876. The predicted octanol–water partition coefficient (Wildman–Crippen LogP) is 9.52. The van der Waals surface area contributed by atoms with Gasteiger partial charge in [-0.15, -0.1) is 0 Å². The Kier molecular flexibility index (Phi) is 11.3. The Morgan fingerprint density at radius 2 is 1.71 bits per heavy atom. The van der Waals surface area contributed by atoms with Gasteiger partial charge in [-0.25, -0.2) is 9.59 Å². The number of nitrogens with one attached hydrogen (secondary N) is 1. The van der Waals surface area contributed by atoms with E-state index in [4.69, 9.17) is 35.3 Å². The Balaban J connectivity index is 1.03. The number of methoxy groups -OCH3 is 1. The van der Waals surface area contributed by atoms with Gasteiger partial charge in [-0.05, 0) is 163 Å². The average molecular weight is 814 g/mol. The van der Waals surface area contributed by atoms with Crippen LogP contribution in [0.2, 0.25) is 5.02 Å². The van der Waals surface area contributed by atoms with Crippen LogP contribution in [0.4, 0.5) is 10.5 Å². The Hall–Kier alpha value is -4.18. The SMILES string of the molecule is COC(=O)C1(Nc2cccc(Cl)c2)CCC2(CC1)c1cc3c(cc1CC2C[C@@H](C)COc1ccnc2c1CCCC2)OCC1(CCN(C(=O)OC(C)(C)C)CC1)CO3. The molecular weight excluding hydrogens is 754 g/mol. The maximum Gasteiger partial charge on any atom is 0.410 e. The molecule has 11 heteroatoms. The van der Waals surface area contributed by atoms with Crippen LogP contribution < -0.4 is 19.5 Å². The van der Waals surface area contributed by atoms with Crippen molar-refractivity contribution in [3.8, 4) is 17.2 Å². The monoisotopic (exact) mass is 813 g/mol. The number of anilines is 1. The molecule has 1 saturated carbocycles. The number of fused-ring (bicyclic) bond motifs is 4. The Morgan fingerprint density at radius 3 is 2.41 bits per heavy atom. The van der Waals surface area contributed by atoms with Crippen LogP contribution in [0.15, 0.2) is 48.7 Å². The zero-order chi connectivity index (χ0) is 40.7. The summed E-state index contributed by atoms with van der Waals surface area (Å²) in [5.41, 5.74) is 4.11. The number of halogens is 1. The third kappa shape index (κ3) is 8.19. The summed E-state index contributed by atoms with van der Waals surface area (Å²) in [6, 6.07) is 14.1. The summed E-state index contributed by atoms with van der Waals surface area (Å²) in [4.78, 5) is 33.0. The summed E-state index contributed by atoms with van der Waals surface area (Å²) in [7, 11) is 1.48. The molecule has 5 aliphatic rings. The summed E-state index contributed by atoms with van der Waals surface area (Å²) in [6.07, 6.45) is 12.4. The third-order valence-corrected chi connectivity index (χ3v) is 13.9. The van der Waals surface area contributed by atoms with Crippen LogP contribution in [0.25, 0.3) is 0 Å². The summed E-state index contributed by atoms with van der Waals surface area (Å²) >= 11 is 6.39. The molecule has 2 atom stereocenters. The fraction of sp³-hybridized carbons (Fsp3) is 0.596. The normalized spacial score (nSPS) is 25.3. The molecule has 0 bridgehead atoms. The van der Waals surface area contributed by atoms with Crippen LogP contribution in [-0.4, -0.2) is 73.1 Å². The van der Waals surface area contributed by atoms with Gasteiger partial charge in [0.05, 0.1) is 26.9 Å². The number of pyridine rings is 1. The van der Waals surface area contributed by atoms with E-state index in [1.807, 2.05) is 62.2 Å². The molecule has 312 valence electrons. The van der Waals surface area contributed by atoms with Crippen LogP contribution >= 0.6 is 11.6 Å². The van der Waals surface area contributed by atoms with Gasteiger partial charge in [-0.2, -0.15) is 0 Å². The van der Waals surface area contributed by atoms with E-state index in [9.17, 15) is 9.59 Å². The van der Waals surface area contributed by atoms with Crippen molar-refractivity contribution in [1.82, 2.24) is 9.88 Å². The van der Waals surface area contributed by atoms with E-state index in [-0.39, 0.29) is 22.9 Å². The molecule has 0 radical (unpaired) electrons. The van der Waals surface area contributed by atoms with E-state index >= 15 is 0 Å². The molecule has 1 aromatic heterocycles. The molecule has 2 spiro atoms. The first-order valence-electron chi connectivity index (χ1n) is 21.4.